The van der Waals surface area contributed by atoms with E-state index in [9.17, 15) is 13.2 Å². The summed E-state index contributed by atoms with van der Waals surface area (Å²) in [5.41, 5.74) is 5.17. The normalized spacial score (nSPS) is 13.8. The van der Waals surface area contributed by atoms with E-state index in [1.807, 2.05) is 0 Å². The summed E-state index contributed by atoms with van der Waals surface area (Å²) in [6.07, 6.45) is -4.41. The van der Waals surface area contributed by atoms with Crippen molar-refractivity contribution in [2.24, 2.45) is 5.73 Å². The summed E-state index contributed by atoms with van der Waals surface area (Å²) in [5.74, 6) is 0. The molecular weight excluding hydrogens is 294 g/mol. The van der Waals surface area contributed by atoms with Crippen molar-refractivity contribution in [3.05, 3.63) is 28.2 Å². The average molecular weight is 304 g/mol. The molecule has 96 valence electrons. The van der Waals surface area contributed by atoms with Crippen molar-refractivity contribution in [3.63, 3.8) is 0 Å². The Bertz CT molecular complexity index is 384. The molecule has 1 rings (SSSR count). The predicted molar refractivity (Wildman–Crippen MR) is 65.8 cm³/mol. The molecule has 1 unspecified atom stereocenters. The van der Waals surface area contributed by atoms with Gasteiger partial charge in [-0.15, -0.1) is 11.8 Å². The lowest BCUT2D eigenvalue weighted by molar-refractivity contribution is -0.129. The molecule has 1 nitrogen and oxygen atoms in total. The summed E-state index contributed by atoms with van der Waals surface area (Å²) in [5, 5.41) is -0.964. The van der Waals surface area contributed by atoms with Gasteiger partial charge in [-0.25, -0.2) is 0 Å². The van der Waals surface area contributed by atoms with Crippen molar-refractivity contribution in [1.82, 2.24) is 0 Å². The third-order valence-electron chi connectivity index (χ3n) is 1.96. The summed E-state index contributed by atoms with van der Waals surface area (Å²) in [6, 6.07) is 4.40. The van der Waals surface area contributed by atoms with Gasteiger partial charge in [-0.05, 0) is 31.2 Å². The Morgan fingerprint density at radius 1 is 1.24 bits per heavy atom. The zero-order valence-electron chi connectivity index (χ0n) is 8.60. The summed E-state index contributed by atoms with van der Waals surface area (Å²) in [6.45, 7) is -0.0154. The number of rotatable bonds is 4. The lowest BCUT2D eigenvalue weighted by atomic mass is 10.3. The van der Waals surface area contributed by atoms with E-state index in [1.165, 1.54) is 18.2 Å². The number of hydrogen-bond donors (Lipinski definition) is 1. The van der Waals surface area contributed by atoms with Crippen LogP contribution in [0.5, 0.6) is 0 Å². The highest BCUT2D eigenvalue weighted by molar-refractivity contribution is 8.00. The maximum Gasteiger partial charge on any atom is 0.400 e. The Hall–Kier alpha value is -0.100. The average Bonchev–Trinajstić information content (AvgIpc) is 2.21. The second-order valence-corrected chi connectivity index (χ2v) is 5.39. The van der Waals surface area contributed by atoms with Gasteiger partial charge in [0, 0.05) is 4.90 Å². The van der Waals surface area contributed by atoms with Gasteiger partial charge in [0.25, 0.3) is 0 Å². The Labute approximate surface area is 111 Å². The lowest BCUT2D eigenvalue weighted by Crippen LogP contribution is -2.28. The van der Waals surface area contributed by atoms with Crippen LogP contribution in [0.15, 0.2) is 23.1 Å². The molecule has 0 fully saturated rings. The van der Waals surface area contributed by atoms with E-state index < -0.39 is 11.4 Å². The molecule has 0 aromatic heterocycles. The monoisotopic (exact) mass is 303 g/mol. The van der Waals surface area contributed by atoms with Crippen LogP contribution in [0.25, 0.3) is 0 Å². The van der Waals surface area contributed by atoms with Crippen LogP contribution in [-0.4, -0.2) is 18.0 Å². The summed E-state index contributed by atoms with van der Waals surface area (Å²) in [4.78, 5) is 0.426. The van der Waals surface area contributed by atoms with Crippen LogP contribution in [-0.2, 0) is 0 Å². The van der Waals surface area contributed by atoms with Crippen molar-refractivity contribution in [2.45, 2.75) is 22.7 Å². The van der Waals surface area contributed by atoms with Crippen LogP contribution >= 0.6 is 35.0 Å². The molecule has 0 saturated carbocycles. The lowest BCUT2D eigenvalue weighted by Gasteiger charge is -2.19. The van der Waals surface area contributed by atoms with Crippen molar-refractivity contribution in [2.75, 3.05) is 6.54 Å². The first-order valence-electron chi connectivity index (χ1n) is 4.73. The molecule has 0 saturated heterocycles. The van der Waals surface area contributed by atoms with Crippen LogP contribution in [0.2, 0.25) is 10.0 Å². The molecule has 0 aliphatic heterocycles. The van der Waals surface area contributed by atoms with Crippen LogP contribution < -0.4 is 5.73 Å². The Morgan fingerprint density at radius 2 is 1.88 bits per heavy atom. The van der Waals surface area contributed by atoms with Gasteiger partial charge in [0.15, 0.2) is 0 Å². The van der Waals surface area contributed by atoms with Gasteiger partial charge < -0.3 is 5.73 Å². The standard InChI is InChI=1S/C10H10Cl2F3NS/c11-7-2-1-6(5-8(7)12)17-9(3-4-16)10(13,14)15/h1-2,5,9H,3-4,16H2. The maximum atomic E-state index is 12.6. The molecule has 7 heteroatoms. The van der Waals surface area contributed by atoms with E-state index in [0.717, 1.165) is 0 Å². The minimum absolute atomic E-state index is 0.0154. The molecule has 0 aliphatic carbocycles. The van der Waals surface area contributed by atoms with Crippen molar-refractivity contribution >= 4 is 35.0 Å². The Balaban J connectivity index is 2.82. The van der Waals surface area contributed by atoms with Gasteiger partial charge in [0.1, 0.15) is 5.25 Å². The van der Waals surface area contributed by atoms with Crippen LogP contribution in [0.3, 0.4) is 0 Å². The smallest absolute Gasteiger partial charge is 0.330 e. The molecule has 0 spiro atoms. The number of halogens is 5. The van der Waals surface area contributed by atoms with Crippen molar-refractivity contribution in [3.8, 4) is 0 Å². The van der Waals surface area contributed by atoms with Gasteiger partial charge in [-0.3, -0.25) is 0 Å². The van der Waals surface area contributed by atoms with E-state index >= 15 is 0 Å². The first-order valence-corrected chi connectivity index (χ1v) is 6.36. The number of hydrogen-bond acceptors (Lipinski definition) is 2. The summed E-state index contributed by atoms with van der Waals surface area (Å²) < 4.78 is 37.9. The second-order valence-electron chi connectivity index (χ2n) is 3.30. The maximum absolute atomic E-state index is 12.6. The fraction of sp³-hybridized carbons (Fsp3) is 0.400. The number of alkyl halides is 3. The fourth-order valence-corrected chi connectivity index (χ4v) is 2.57. The summed E-state index contributed by atoms with van der Waals surface area (Å²) in [7, 11) is 0. The highest BCUT2D eigenvalue weighted by Gasteiger charge is 2.39. The van der Waals surface area contributed by atoms with Crippen molar-refractivity contribution < 1.29 is 13.2 Å². The van der Waals surface area contributed by atoms with Crippen LogP contribution in [0.1, 0.15) is 6.42 Å². The molecule has 0 heterocycles. The number of benzene rings is 1. The molecule has 0 aliphatic rings. The van der Waals surface area contributed by atoms with E-state index in [-0.39, 0.29) is 18.0 Å². The minimum atomic E-state index is -4.28. The SMILES string of the molecule is NCCC(Sc1ccc(Cl)c(Cl)c1)C(F)(F)F. The fourth-order valence-electron chi connectivity index (χ4n) is 1.16. The van der Waals surface area contributed by atoms with E-state index in [2.05, 4.69) is 0 Å². The number of nitrogens with two attached hydrogens (primary N) is 1. The van der Waals surface area contributed by atoms with E-state index in [0.29, 0.717) is 21.7 Å². The van der Waals surface area contributed by atoms with E-state index in [1.54, 1.807) is 0 Å². The minimum Gasteiger partial charge on any atom is -0.330 e. The highest BCUT2D eigenvalue weighted by Crippen LogP contribution is 2.38. The van der Waals surface area contributed by atoms with Crippen molar-refractivity contribution in [1.29, 1.82) is 0 Å². The highest BCUT2D eigenvalue weighted by atomic mass is 35.5. The largest absolute Gasteiger partial charge is 0.400 e. The van der Waals surface area contributed by atoms with E-state index in [4.69, 9.17) is 28.9 Å². The zero-order valence-corrected chi connectivity index (χ0v) is 10.9. The molecule has 2 N–H and O–H groups in total. The molecule has 0 radical (unpaired) electrons. The van der Waals surface area contributed by atoms with Gasteiger partial charge in [-0.1, -0.05) is 23.2 Å². The molecule has 0 amide bonds. The molecule has 0 bridgehead atoms. The first kappa shape index (κ1) is 15.0. The predicted octanol–water partition coefficient (Wildman–Crippen LogP) is 4.37. The molecular formula is C10H10Cl2F3NS. The van der Waals surface area contributed by atoms with Gasteiger partial charge in [0.2, 0.25) is 0 Å². The van der Waals surface area contributed by atoms with Crippen LogP contribution in [0.4, 0.5) is 13.2 Å². The second kappa shape index (κ2) is 6.18. The van der Waals surface area contributed by atoms with Gasteiger partial charge in [0.05, 0.1) is 10.0 Å². The topological polar surface area (TPSA) is 26.0 Å². The van der Waals surface area contributed by atoms with Crippen LogP contribution in [0, 0.1) is 0 Å². The molecule has 17 heavy (non-hydrogen) atoms. The van der Waals surface area contributed by atoms with Gasteiger partial charge >= 0.3 is 6.18 Å². The Kier molecular flexibility index (Phi) is 5.44. The van der Waals surface area contributed by atoms with Gasteiger partial charge in [-0.2, -0.15) is 13.2 Å². The Morgan fingerprint density at radius 3 is 2.35 bits per heavy atom. The number of thioether (sulfide) groups is 1. The molecule has 1 aromatic carbocycles. The molecule has 1 atom stereocenters. The molecule has 1 aromatic rings. The third-order valence-corrected chi connectivity index (χ3v) is 4.02. The quantitative estimate of drug-likeness (QED) is 0.836. The summed E-state index contributed by atoms with van der Waals surface area (Å²) >= 11 is 12.1. The third kappa shape index (κ3) is 4.58. The zero-order chi connectivity index (χ0) is 13.1. The first-order chi connectivity index (χ1) is 7.84.